The SMILES string of the molecule is Cc1cc(-c2ccc(CC=CC(C)C)s2)ccn1. The van der Waals surface area contributed by atoms with Gasteiger partial charge in [0.25, 0.3) is 0 Å². The van der Waals surface area contributed by atoms with E-state index in [2.05, 4.69) is 55.2 Å². The van der Waals surface area contributed by atoms with Crippen LogP contribution >= 0.6 is 11.3 Å². The molecule has 1 nitrogen and oxygen atoms in total. The van der Waals surface area contributed by atoms with Crippen molar-refractivity contribution in [3.8, 4) is 10.4 Å². The summed E-state index contributed by atoms with van der Waals surface area (Å²) in [6.07, 6.45) is 7.43. The molecule has 0 aliphatic carbocycles. The average Bonchev–Trinajstić information content (AvgIpc) is 2.77. The van der Waals surface area contributed by atoms with Gasteiger partial charge in [-0.15, -0.1) is 11.3 Å². The number of aryl methyl sites for hydroxylation is 1. The smallest absolute Gasteiger partial charge is 0.0379 e. The maximum absolute atomic E-state index is 4.23. The highest BCUT2D eigenvalue weighted by atomic mass is 32.1. The van der Waals surface area contributed by atoms with E-state index in [9.17, 15) is 0 Å². The summed E-state index contributed by atoms with van der Waals surface area (Å²) in [5.41, 5.74) is 2.34. The van der Waals surface area contributed by atoms with E-state index >= 15 is 0 Å². The van der Waals surface area contributed by atoms with Crippen LogP contribution in [0.3, 0.4) is 0 Å². The summed E-state index contributed by atoms with van der Waals surface area (Å²) in [5.74, 6) is 0.632. The summed E-state index contributed by atoms with van der Waals surface area (Å²) < 4.78 is 0. The quantitative estimate of drug-likeness (QED) is 0.712. The van der Waals surface area contributed by atoms with E-state index in [1.165, 1.54) is 15.3 Å². The number of hydrogen-bond acceptors (Lipinski definition) is 2. The molecular formula is C16H19NS. The number of nitrogens with zero attached hydrogens (tertiary/aromatic N) is 1. The molecule has 0 spiro atoms. The fraction of sp³-hybridized carbons (Fsp3) is 0.312. The van der Waals surface area contributed by atoms with Crippen molar-refractivity contribution >= 4 is 11.3 Å². The molecule has 0 saturated carbocycles. The van der Waals surface area contributed by atoms with Gasteiger partial charge in [0.05, 0.1) is 0 Å². The fourth-order valence-electron chi connectivity index (χ4n) is 1.80. The van der Waals surface area contributed by atoms with E-state index in [0.717, 1.165) is 12.1 Å². The second-order valence-electron chi connectivity index (χ2n) is 4.83. The summed E-state index contributed by atoms with van der Waals surface area (Å²) in [6, 6.07) is 8.64. The predicted octanol–water partition coefficient (Wildman–Crippen LogP) is 4.87. The second kappa shape index (κ2) is 5.96. The standard InChI is InChI=1S/C16H19NS/c1-12(2)5-4-6-15-7-8-16(18-15)14-9-10-17-13(3)11-14/h4-5,7-12H,6H2,1-3H3. The van der Waals surface area contributed by atoms with Gasteiger partial charge in [-0.05, 0) is 49.1 Å². The molecule has 0 amide bonds. The van der Waals surface area contributed by atoms with E-state index in [-0.39, 0.29) is 0 Å². The summed E-state index contributed by atoms with van der Waals surface area (Å²) in [6.45, 7) is 6.44. The third-order valence-corrected chi connectivity index (χ3v) is 3.84. The first-order valence-corrected chi connectivity index (χ1v) is 7.15. The molecule has 2 aromatic heterocycles. The van der Waals surface area contributed by atoms with Crippen molar-refractivity contribution in [2.75, 3.05) is 0 Å². The van der Waals surface area contributed by atoms with E-state index in [4.69, 9.17) is 0 Å². The molecular weight excluding hydrogens is 238 g/mol. The molecule has 0 aromatic carbocycles. The van der Waals surface area contributed by atoms with Gasteiger partial charge >= 0.3 is 0 Å². The van der Waals surface area contributed by atoms with Crippen LogP contribution in [0.4, 0.5) is 0 Å². The topological polar surface area (TPSA) is 12.9 Å². The van der Waals surface area contributed by atoms with Crippen LogP contribution < -0.4 is 0 Å². The molecule has 0 saturated heterocycles. The summed E-state index contributed by atoms with van der Waals surface area (Å²) in [4.78, 5) is 6.98. The third-order valence-electron chi connectivity index (χ3n) is 2.68. The average molecular weight is 257 g/mol. The van der Waals surface area contributed by atoms with Gasteiger partial charge < -0.3 is 0 Å². The zero-order chi connectivity index (χ0) is 13.0. The van der Waals surface area contributed by atoms with Crippen LogP contribution in [0, 0.1) is 12.8 Å². The number of rotatable bonds is 4. The minimum absolute atomic E-state index is 0.632. The Morgan fingerprint density at radius 1 is 1.28 bits per heavy atom. The lowest BCUT2D eigenvalue weighted by Crippen LogP contribution is -1.80. The second-order valence-corrected chi connectivity index (χ2v) is 6.00. The number of pyridine rings is 1. The van der Waals surface area contributed by atoms with Crippen LogP contribution in [0.1, 0.15) is 24.4 Å². The molecule has 2 heteroatoms. The predicted molar refractivity (Wildman–Crippen MR) is 80.0 cm³/mol. The van der Waals surface area contributed by atoms with Crippen molar-refractivity contribution < 1.29 is 0 Å². The zero-order valence-electron chi connectivity index (χ0n) is 11.2. The Bertz CT molecular complexity index is 538. The Hall–Kier alpha value is -1.41. The molecule has 0 aliphatic rings. The van der Waals surface area contributed by atoms with Crippen molar-refractivity contribution in [2.45, 2.75) is 27.2 Å². The fourth-order valence-corrected chi connectivity index (χ4v) is 2.78. The lowest BCUT2D eigenvalue weighted by molar-refractivity contribution is 0.827. The molecule has 0 N–H and O–H groups in total. The molecule has 0 fully saturated rings. The molecule has 2 aromatic rings. The normalized spacial score (nSPS) is 11.6. The van der Waals surface area contributed by atoms with Crippen molar-refractivity contribution in [2.24, 2.45) is 5.92 Å². The first-order chi connectivity index (χ1) is 8.65. The molecule has 94 valence electrons. The van der Waals surface area contributed by atoms with Gasteiger partial charge in [0.1, 0.15) is 0 Å². The lowest BCUT2D eigenvalue weighted by atomic mass is 10.2. The van der Waals surface area contributed by atoms with Crippen molar-refractivity contribution in [1.82, 2.24) is 4.98 Å². The van der Waals surface area contributed by atoms with Gasteiger partial charge in [-0.25, -0.2) is 0 Å². The van der Waals surface area contributed by atoms with E-state index in [1.807, 2.05) is 24.5 Å². The highest BCUT2D eigenvalue weighted by Gasteiger charge is 2.02. The number of hydrogen-bond donors (Lipinski definition) is 0. The Balaban J connectivity index is 2.11. The van der Waals surface area contributed by atoms with Crippen LogP contribution in [0.2, 0.25) is 0 Å². The molecule has 0 radical (unpaired) electrons. The molecule has 0 bridgehead atoms. The Morgan fingerprint density at radius 3 is 2.83 bits per heavy atom. The van der Waals surface area contributed by atoms with Crippen LogP contribution in [-0.2, 0) is 6.42 Å². The van der Waals surface area contributed by atoms with E-state index < -0.39 is 0 Å². The third kappa shape index (κ3) is 3.54. The molecule has 0 unspecified atom stereocenters. The van der Waals surface area contributed by atoms with Crippen LogP contribution in [-0.4, -0.2) is 4.98 Å². The molecule has 0 aliphatic heterocycles. The maximum Gasteiger partial charge on any atom is 0.0379 e. The first-order valence-electron chi connectivity index (χ1n) is 6.33. The van der Waals surface area contributed by atoms with Crippen molar-refractivity contribution in [1.29, 1.82) is 0 Å². The van der Waals surface area contributed by atoms with Crippen LogP contribution in [0.5, 0.6) is 0 Å². The van der Waals surface area contributed by atoms with Crippen LogP contribution in [0.25, 0.3) is 10.4 Å². The number of allylic oxidation sites excluding steroid dienone is 2. The Morgan fingerprint density at radius 2 is 2.11 bits per heavy atom. The highest BCUT2D eigenvalue weighted by molar-refractivity contribution is 7.15. The maximum atomic E-state index is 4.23. The molecule has 2 rings (SSSR count). The molecule has 0 atom stereocenters. The van der Waals surface area contributed by atoms with Gasteiger partial charge in [-0.3, -0.25) is 4.98 Å². The van der Waals surface area contributed by atoms with Gasteiger partial charge in [-0.2, -0.15) is 0 Å². The van der Waals surface area contributed by atoms with Crippen LogP contribution in [0.15, 0.2) is 42.6 Å². The lowest BCUT2D eigenvalue weighted by Gasteiger charge is -1.98. The van der Waals surface area contributed by atoms with Gasteiger partial charge in [-0.1, -0.05) is 26.0 Å². The molecule has 2 heterocycles. The number of thiophene rings is 1. The van der Waals surface area contributed by atoms with Gasteiger partial charge in [0, 0.05) is 21.6 Å². The Kier molecular flexibility index (Phi) is 4.32. The molecule has 18 heavy (non-hydrogen) atoms. The summed E-state index contributed by atoms with van der Waals surface area (Å²) in [7, 11) is 0. The highest BCUT2D eigenvalue weighted by Crippen LogP contribution is 2.28. The van der Waals surface area contributed by atoms with Gasteiger partial charge in [0.15, 0.2) is 0 Å². The minimum Gasteiger partial charge on any atom is -0.262 e. The Labute approximate surface area is 113 Å². The number of aromatic nitrogens is 1. The minimum atomic E-state index is 0.632. The zero-order valence-corrected chi connectivity index (χ0v) is 12.0. The summed E-state index contributed by atoms with van der Waals surface area (Å²) in [5, 5.41) is 0. The van der Waals surface area contributed by atoms with E-state index in [1.54, 1.807) is 0 Å². The van der Waals surface area contributed by atoms with Crippen molar-refractivity contribution in [3.63, 3.8) is 0 Å². The van der Waals surface area contributed by atoms with E-state index in [0.29, 0.717) is 5.92 Å². The van der Waals surface area contributed by atoms with Crippen molar-refractivity contribution in [3.05, 3.63) is 53.2 Å². The summed E-state index contributed by atoms with van der Waals surface area (Å²) >= 11 is 1.87. The first kappa shape index (κ1) is 13.0. The monoisotopic (exact) mass is 257 g/mol. The largest absolute Gasteiger partial charge is 0.262 e. The van der Waals surface area contributed by atoms with Gasteiger partial charge in [0.2, 0.25) is 0 Å².